The second-order valence-electron chi connectivity index (χ2n) is 6.98. The van der Waals surface area contributed by atoms with Gasteiger partial charge in [-0.2, -0.15) is 5.10 Å². The van der Waals surface area contributed by atoms with Crippen molar-refractivity contribution in [1.82, 2.24) is 10.2 Å². The molecule has 6 heteroatoms. The molecule has 1 saturated heterocycles. The van der Waals surface area contributed by atoms with Crippen LogP contribution in [-0.2, 0) is 16.0 Å². The summed E-state index contributed by atoms with van der Waals surface area (Å²) in [4.78, 5) is 12.2. The predicted octanol–water partition coefficient (Wildman–Crippen LogP) is 1.69. The Kier molecular flexibility index (Phi) is 5.00. The molecule has 1 aromatic rings. The number of ether oxygens (including phenoxy) is 1. The Bertz CT molecular complexity index is 472. The van der Waals surface area contributed by atoms with Gasteiger partial charge in [0.2, 0.25) is 5.91 Å². The minimum absolute atomic E-state index is 0.171. The lowest BCUT2D eigenvalue weighted by molar-refractivity contribution is -0.119. The molecule has 0 radical (unpaired) electrons. The monoisotopic (exact) mass is 294 g/mol. The summed E-state index contributed by atoms with van der Waals surface area (Å²) < 4.78 is 5.29. The number of amides is 1. The molecule has 1 aromatic heterocycles. The summed E-state index contributed by atoms with van der Waals surface area (Å²) in [7, 11) is 0. The average Bonchev–Trinajstić information content (AvgIpc) is 2.83. The first-order chi connectivity index (χ1) is 9.85. The van der Waals surface area contributed by atoms with E-state index in [1.54, 1.807) is 0 Å². The molecule has 0 aliphatic carbocycles. The number of rotatable bonds is 4. The van der Waals surface area contributed by atoms with Crippen LogP contribution in [0.4, 0.5) is 5.82 Å². The van der Waals surface area contributed by atoms with Crippen molar-refractivity contribution < 1.29 is 9.53 Å². The molecule has 1 unspecified atom stereocenters. The van der Waals surface area contributed by atoms with Crippen molar-refractivity contribution in [1.29, 1.82) is 0 Å². The Morgan fingerprint density at radius 3 is 2.81 bits per heavy atom. The summed E-state index contributed by atoms with van der Waals surface area (Å²) in [5.74, 6) is 0.559. The second-order valence-corrected chi connectivity index (χ2v) is 6.98. The molecule has 4 N–H and O–H groups in total. The van der Waals surface area contributed by atoms with Gasteiger partial charge in [0.15, 0.2) is 5.82 Å². The number of anilines is 1. The number of hydrogen-bond donors (Lipinski definition) is 3. The topological polar surface area (TPSA) is 93.0 Å². The molecule has 0 bridgehead atoms. The van der Waals surface area contributed by atoms with Crippen molar-refractivity contribution >= 4 is 11.7 Å². The van der Waals surface area contributed by atoms with Crippen LogP contribution >= 0.6 is 0 Å². The van der Waals surface area contributed by atoms with Crippen LogP contribution in [0.3, 0.4) is 0 Å². The number of aromatic amines is 1. The first-order valence-corrected chi connectivity index (χ1v) is 7.53. The first kappa shape index (κ1) is 16.0. The minimum Gasteiger partial charge on any atom is -0.381 e. The van der Waals surface area contributed by atoms with Crippen molar-refractivity contribution in [2.45, 2.75) is 46.1 Å². The SMILES string of the molecule is CC(C)(C)Cc1cc(NC(=O)C(N)C2CCOCC2)n[nH]1. The Balaban J connectivity index is 1.90. The summed E-state index contributed by atoms with van der Waals surface area (Å²) in [6.45, 7) is 7.85. The van der Waals surface area contributed by atoms with Crippen LogP contribution in [0.5, 0.6) is 0 Å². The molecule has 6 nitrogen and oxygen atoms in total. The van der Waals surface area contributed by atoms with E-state index in [1.807, 2.05) is 6.07 Å². The van der Waals surface area contributed by atoms with Crippen molar-refractivity contribution in [3.05, 3.63) is 11.8 Å². The van der Waals surface area contributed by atoms with Gasteiger partial charge in [-0.05, 0) is 30.6 Å². The third-order valence-electron chi connectivity index (χ3n) is 3.68. The standard InChI is InChI=1S/C15H26N4O2/c1-15(2,3)9-11-8-12(19-18-11)17-14(20)13(16)10-4-6-21-7-5-10/h8,10,13H,4-7,9,16H2,1-3H3,(H2,17,18,19,20). The maximum atomic E-state index is 12.2. The molecule has 0 spiro atoms. The van der Waals surface area contributed by atoms with Gasteiger partial charge in [0.1, 0.15) is 0 Å². The number of aromatic nitrogens is 2. The van der Waals surface area contributed by atoms with Gasteiger partial charge in [0.25, 0.3) is 0 Å². The molecule has 2 rings (SSSR count). The lowest BCUT2D eigenvalue weighted by Gasteiger charge is -2.26. The molecule has 0 saturated carbocycles. The van der Waals surface area contributed by atoms with Gasteiger partial charge in [-0.15, -0.1) is 0 Å². The smallest absolute Gasteiger partial charge is 0.242 e. The van der Waals surface area contributed by atoms with Gasteiger partial charge < -0.3 is 15.8 Å². The number of H-pyrrole nitrogens is 1. The van der Waals surface area contributed by atoms with Crippen molar-refractivity contribution in [3.63, 3.8) is 0 Å². The van der Waals surface area contributed by atoms with Crippen LogP contribution in [0.15, 0.2) is 6.07 Å². The Morgan fingerprint density at radius 1 is 1.52 bits per heavy atom. The van der Waals surface area contributed by atoms with Gasteiger partial charge in [0, 0.05) is 25.0 Å². The fourth-order valence-corrected chi connectivity index (χ4v) is 2.59. The van der Waals surface area contributed by atoms with Crippen LogP contribution in [0, 0.1) is 11.3 Å². The summed E-state index contributed by atoms with van der Waals surface area (Å²) in [6, 6.07) is 1.37. The summed E-state index contributed by atoms with van der Waals surface area (Å²) >= 11 is 0. The third-order valence-corrected chi connectivity index (χ3v) is 3.68. The number of carbonyl (C=O) groups excluding carboxylic acids is 1. The van der Waals surface area contributed by atoms with Gasteiger partial charge in [-0.25, -0.2) is 0 Å². The van der Waals surface area contributed by atoms with Crippen molar-refractivity contribution in [2.24, 2.45) is 17.1 Å². The Labute approximate surface area is 125 Å². The molecule has 1 fully saturated rings. The minimum atomic E-state index is -0.503. The average molecular weight is 294 g/mol. The Morgan fingerprint density at radius 2 is 2.19 bits per heavy atom. The summed E-state index contributed by atoms with van der Waals surface area (Å²) in [5.41, 5.74) is 7.23. The number of nitrogens with one attached hydrogen (secondary N) is 2. The zero-order valence-corrected chi connectivity index (χ0v) is 13.1. The summed E-state index contributed by atoms with van der Waals surface area (Å²) in [5, 5.41) is 9.89. The second kappa shape index (κ2) is 6.58. The maximum absolute atomic E-state index is 12.2. The molecule has 1 aliphatic rings. The molecule has 2 heterocycles. The van der Waals surface area contributed by atoms with Crippen molar-refractivity contribution in [2.75, 3.05) is 18.5 Å². The molecular weight excluding hydrogens is 268 g/mol. The number of carbonyl (C=O) groups is 1. The van der Waals surface area contributed by atoms with Gasteiger partial charge >= 0.3 is 0 Å². The van der Waals surface area contributed by atoms with Gasteiger partial charge in [0.05, 0.1) is 6.04 Å². The molecule has 21 heavy (non-hydrogen) atoms. The highest BCUT2D eigenvalue weighted by Crippen LogP contribution is 2.21. The molecule has 118 valence electrons. The molecule has 1 aliphatic heterocycles. The normalized spacial score (nSPS) is 18.5. The van der Waals surface area contributed by atoms with E-state index >= 15 is 0 Å². The van der Waals surface area contributed by atoms with E-state index in [2.05, 4.69) is 36.3 Å². The van der Waals surface area contributed by atoms with E-state index in [0.717, 1.165) is 25.0 Å². The number of hydrogen-bond acceptors (Lipinski definition) is 4. The lowest BCUT2D eigenvalue weighted by atomic mass is 9.90. The molecule has 0 aromatic carbocycles. The number of nitrogens with two attached hydrogens (primary N) is 1. The highest BCUT2D eigenvalue weighted by atomic mass is 16.5. The Hall–Kier alpha value is -1.40. The van der Waals surface area contributed by atoms with Crippen LogP contribution in [0.2, 0.25) is 0 Å². The van der Waals surface area contributed by atoms with E-state index in [0.29, 0.717) is 19.0 Å². The predicted molar refractivity (Wildman–Crippen MR) is 81.9 cm³/mol. The van der Waals surface area contributed by atoms with E-state index in [4.69, 9.17) is 10.5 Å². The summed E-state index contributed by atoms with van der Waals surface area (Å²) in [6.07, 6.45) is 2.55. The maximum Gasteiger partial charge on any atom is 0.242 e. The molecular formula is C15H26N4O2. The fraction of sp³-hybridized carbons (Fsp3) is 0.733. The third kappa shape index (κ3) is 4.82. The van der Waals surface area contributed by atoms with Crippen LogP contribution in [-0.4, -0.2) is 35.4 Å². The van der Waals surface area contributed by atoms with Crippen LogP contribution in [0.25, 0.3) is 0 Å². The highest BCUT2D eigenvalue weighted by Gasteiger charge is 2.27. The zero-order valence-electron chi connectivity index (χ0n) is 13.1. The van der Waals surface area contributed by atoms with E-state index in [9.17, 15) is 4.79 Å². The van der Waals surface area contributed by atoms with E-state index in [-0.39, 0.29) is 17.2 Å². The first-order valence-electron chi connectivity index (χ1n) is 7.53. The van der Waals surface area contributed by atoms with Crippen molar-refractivity contribution in [3.8, 4) is 0 Å². The zero-order chi connectivity index (χ0) is 15.5. The highest BCUT2D eigenvalue weighted by molar-refractivity contribution is 5.94. The fourth-order valence-electron chi connectivity index (χ4n) is 2.59. The van der Waals surface area contributed by atoms with E-state index in [1.165, 1.54) is 0 Å². The number of nitrogens with zero attached hydrogens (tertiary/aromatic N) is 1. The molecule has 1 amide bonds. The molecule has 1 atom stereocenters. The van der Waals surface area contributed by atoms with Crippen LogP contribution < -0.4 is 11.1 Å². The van der Waals surface area contributed by atoms with E-state index < -0.39 is 6.04 Å². The lowest BCUT2D eigenvalue weighted by Crippen LogP contribution is -2.44. The largest absolute Gasteiger partial charge is 0.381 e. The van der Waals surface area contributed by atoms with Crippen LogP contribution in [0.1, 0.15) is 39.3 Å². The quantitative estimate of drug-likeness (QED) is 0.788. The van der Waals surface area contributed by atoms with Gasteiger partial charge in [-0.1, -0.05) is 20.8 Å². The van der Waals surface area contributed by atoms with Gasteiger partial charge in [-0.3, -0.25) is 9.89 Å².